The van der Waals surface area contributed by atoms with Crippen molar-refractivity contribution in [2.75, 3.05) is 26.0 Å². The average molecular weight is 378 g/mol. The molecule has 1 heterocycles. The first-order chi connectivity index (χ1) is 8.52. The molecule has 4 nitrogen and oxygen atoms in total. The van der Waals surface area contributed by atoms with Gasteiger partial charge in [-0.1, -0.05) is 0 Å². The fraction of sp³-hybridized carbons (Fsp3) is 0.417. The van der Waals surface area contributed by atoms with Crippen LogP contribution >= 0.6 is 31.9 Å². The number of rotatable bonds is 3. The van der Waals surface area contributed by atoms with Gasteiger partial charge in [0.15, 0.2) is 0 Å². The molecule has 1 aromatic rings. The third kappa shape index (κ3) is 2.64. The Morgan fingerprint density at radius 3 is 2.67 bits per heavy atom. The molecule has 1 aromatic carbocycles. The van der Waals surface area contributed by atoms with Crippen molar-refractivity contribution in [3.05, 3.63) is 21.1 Å². The van der Waals surface area contributed by atoms with E-state index in [-0.39, 0.29) is 11.9 Å². The number of likely N-dealkylation sites (tertiary alicyclic amines) is 1. The SMILES string of the molecule is COc1cc(NC2CCN(C)C2=O)c(Br)cc1Br. The zero-order valence-corrected chi connectivity index (χ0v) is 13.3. The van der Waals surface area contributed by atoms with Crippen molar-refractivity contribution in [1.29, 1.82) is 0 Å². The van der Waals surface area contributed by atoms with E-state index < -0.39 is 0 Å². The zero-order valence-electron chi connectivity index (χ0n) is 10.2. The summed E-state index contributed by atoms with van der Waals surface area (Å²) >= 11 is 6.90. The van der Waals surface area contributed by atoms with Crippen molar-refractivity contribution in [3.63, 3.8) is 0 Å². The number of hydrogen-bond donors (Lipinski definition) is 1. The number of carbonyl (C=O) groups is 1. The van der Waals surface area contributed by atoms with Crippen molar-refractivity contribution in [2.45, 2.75) is 12.5 Å². The minimum Gasteiger partial charge on any atom is -0.495 e. The van der Waals surface area contributed by atoms with Gasteiger partial charge in [0.05, 0.1) is 17.3 Å². The molecule has 1 atom stereocenters. The van der Waals surface area contributed by atoms with Crippen molar-refractivity contribution in [2.24, 2.45) is 0 Å². The quantitative estimate of drug-likeness (QED) is 0.880. The number of amides is 1. The van der Waals surface area contributed by atoms with Gasteiger partial charge in [-0.3, -0.25) is 4.79 Å². The van der Waals surface area contributed by atoms with Crippen molar-refractivity contribution in [1.82, 2.24) is 4.90 Å². The molecule has 1 unspecified atom stereocenters. The molecule has 0 saturated carbocycles. The zero-order chi connectivity index (χ0) is 13.3. The summed E-state index contributed by atoms with van der Waals surface area (Å²) < 4.78 is 7.02. The third-order valence-electron chi connectivity index (χ3n) is 3.00. The lowest BCUT2D eigenvalue weighted by Crippen LogP contribution is -2.31. The molecule has 1 fully saturated rings. The number of methoxy groups -OCH3 is 1. The number of likely N-dealkylation sites (N-methyl/N-ethyl adjacent to an activating group) is 1. The lowest BCUT2D eigenvalue weighted by atomic mass is 10.2. The molecule has 1 amide bonds. The Bertz CT molecular complexity index is 479. The highest BCUT2D eigenvalue weighted by Crippen LogP contribution is 2.35. The monoisotopic (exact) mass is 376 g/mol. The Morgan fingerprint density at radius 2 is 2.11 bits per heavy atom. The van der Waals surface area contributed by atoms with Crippen molar-refractivity contribution in [3.8, 4) is 5.75 Å². The molecule has 0 radical (unpaired) electrons. The van der Waals surface area contributed by atoms with Crippen LogP contribution in [0.1, 0.15) is 6.42 Å². The Balaban J connectivity index is 2.21. The molecule has 1 aliphatic rings. The van der Waals surface area contributed by atoms with Gasteiger partial charge in [-0.15, -0.1) is 0 Å². The first kappa shape index (κ1) is 13.7. The topological polar surface area (TPSA) is 41.6 Å². The smallest absolute Gasteiger partial charge is 0.244 e. The van der Waals surface area contributed by atoms with E-state index in [1.807, 2.05) is 19.2 Å². The van der Waals surface area contributed by atoms with Crippen LogP contribution in [0, 0.1) is 0 Å². The number of carbonyl (C=O) groups excluding carboxylic acids is 1. The van der Waals surface area contributed by atoms with Crippen LogP contribution in [-0.4, -0.2) is 37.6 Å². The molecule has 0 aromatic heterocycles. The van der Waals surface area contributed by atoms with Gasteiger partial charge < -0.3 is 15.0 Å². The third-order valence-corrected chi connectivity index (χ3v) is 4.27. The largest absolute Gasteiger partial charge is 0.495 e. The fourth-order valence-corrected chi connectivity index (χ4v) is 3.21. The maximum atomic E-state index is 11.8. The van der Waals surface area contributed by atoms with Crippen LogP contribution in [0.3, 0.4) is 0 Å². The minimum atomic E-state index is -0.155. The van der Waals surface area contributed by atoms with Gasteiger partial charge in [0.25, 0.3) is 0 Å². The molecule has 0 aliphatic carbocycles. The Hall–Kier alpha value is -0.750. The van der Waals surface area contributed by atoms with Crippen LogP contribution in [0.5, 0.6) is 5.75 Å². The summed E-state index contributed by atoms with van der Waals surface area (Å²) in [5.41, 5.74) is 0.865. The first-order valence-corrected chi connectivity index (χ1v) is 7.16. The summed E-state index contributed by atoms with van der Waals surface area (Å²) in [6.07, 6.45) is 0.820. The second-order valence-corrected chi connectivity index (χ2v) is 5.92. The molecule has 2 rings (SSSR count). The van der Waals surface area contributed by atoms with Gasteiger partial charge >= 0.3 is 0 Å². The predicted molar refractivity (Wildman–Crippen MR) is 78.1 cm³/mol. The number of anilines is 1. The van der Waals surface area contributed by atoms with Crippen LogP contribution < -0.4 is 10.1 Å². The van der Waals surface area contributed by atoms with Crippen molar-refractivity contribution < 1.29 is 9.53 Å². The summed E-state index contributed by atoms with van der Waals surface area (Å²) in [6.45, 7) is 0.793. The maximum absolute atomic E-state index is 11.8. The summed E-state index contributed by atoms with van der Waals surface area (Å²) in [4.78, 5) is 13.6. The van der Waals surface area contributed by atoms with Crippen molar-refractivity contribution >= 4 is 43.5 Å². The Morgan fingerprint density at radius 1 is 1.39 bits per heavy atom. The van der Waals surface area contributed by atoms with Gasteiger partial charge in [-0.05, 0) is 44.3 Å². The highest BCUT2D eigenvalue weighted by atomic mass is 79.9. The van der Waals surface area contributed by atoms with E-state index in [0.29, 0.717) is 0 Å². The van der Waals surface area contributed by atoms with E-state index in [4.69, 9.17) is 4.74 Å². The molecule has 98 valence electrons. The highest BCUT2D eigenvalue weighted by Gasteiger charge is 2.29. The van der Waals surface area contributed by atoms with E-state index in [0.717, 1.165) is 33.3 Å². The number of ether oxygens (including phenoxy) is 1. The van der Waals surface area contributed by atoms with E-state index in [1.165, 1.54) is 0 Å². The van der Waals surface area contributed by atoms with Gasteiger partial charge in [-0.2, -0.15) is 0 Å². The summed E-state index contributed by atoms with van der Waals surface area (Å²) in [5, 5.41) is 3.25. The van der Waals surface area contributed by atoms with E-state index in [2.05, 4.69) is 37.2 Å². The summed E-state index contributed by atoms with van der Waals surface area (Å²) in [7, 11) is 3.44. The van der Waals surface area contributed by atoms with E-state index in [1.54, 1.807) is 12.0 Å². The average Bonchev–Trinajstić information content (AvgIpc) is 2.64. The molecule has 0 bridgehead atoms. The van der Waals surface area contributed by atoms with Crippen LogP contribution in [0.25, 0.3) is 0 Å². The molecule has 6 heteroatoms. The fourth-order valence-electron chi connectivity index (χ4n) is 1.94. The number of nitrogens with one attached hydrogen (secondary N) is 1. The number of benzene rings is 1. The standard InChI is InChI=1S/C12H14Br2N2O2/c1-16-4-3-9(12(16)17)15-10-6-11(18-2)8(14)5-7(10)13/h5-6,9,15H,3-4H2,1-2H3. The predicted octanol–water partition coefficient (Wildman–Crippen LogP) is 2.86. The number of hydrogen-bond acceptors (Lipinski definition) is 3. The molecule has 1 aliphatic heterocycles. The van der Waals surface area contributed by atoms with Crippen LogP contribution in [0.4, 0.5) is 5.69 Å². The first-order valence-electron chi connectivity index (χ1n) is 5.57. The summed E-state index contributed by atoms with van der Waals surface area (Å²) in [5.74, 6) is 0.864. The second kappa shape index (κ2) is 5.48. The van der Waals surface area contributed by atoms with Gasteiger partial charge in [0, 0.05) is 24.1 Å². The lowest BCUT2D eigenvalue weighted by molar-refractivity contribution is -0.127. The minimum absolute atomic E-state index is 0.129. The number of nitrogens with zero attached hydrogens (tertiary/aromatic N) is 1. The molecular formula is C12H14Br2N2O2. The highest BCUT2D eigenvalue weighted by molar-refractivity contribution is 9.11. The van der Waals surface area contributed by atoms with Crippen LogP contribution in [0.15, 0.2) is 21.1 Å². The maximum Gasteiger partial charge on any atom is 0.244 e. The normalized spacial score (nSPS) is 19.2. The Kier molecular flexibility index (Phi) is 4.17. The number of halogens is 2. The van der Waals surface area contributed by atoms with Crippen LogP contribution in [0.2, 0.25) is 0 Å². The lowest BCUT2D eigenvalue weighted by Gasteiger charge is -2.16. The van der Waals surface area contributed by atoms with E-state index in [9.17, 15) is 4.79 Å². The molecule has 0 spiro atoms. The Labute approximate surface area is 123 Å². The van der Waals surface area contributed by atoms with Gasteiger partial charge in [0.1, 0.15) is 11.8 Å². The van der Waals surface area contributed by atoms with Crippen LogP contribution in [-0.2, 0) is 4.79 Å². The van der Waals surface area contributed by atoms with Gasteiger partial charge in [0.2, 0.25) is 5.91 Å². The molecule has 1 saturated heterocycles. The molecule has 1 N–H and O–H groups in total. The molecular weight excluding hydrogens is 364 g/mol. The summed E-state index contributed by atoms with van der Waals surface area (Å²) in [6, 6.07) is 3.63. The van der Waals surface area contributed by atoms with Gasteiger partial charge in [-0.25, -0.2) is 0 Å². The van der Waals surface area contributed by atoms with E-state index >= 15 is 0 Å². The molecule has 18 heavy (non-hydrogen) atoms. The second-order valence-electron chi connectivity index (χ2n) is 4.21.